The number of aromatic amines is 1. The first-order valence-corrected chi connectivity index (χ1v) is 6.65. The summed E-state index contributed by atoms with van der Waals surface area (Å²) in [5.74, 6) is 0.821. The third kappa shape index (κ3) is 3.12. The Morgan fingerprint density at radius 2 is 2.19 bits per heavy atom. The first-order chi connectivity index (χ1) is 7.63. The molecule has 1 aromatic rings. The second kappa shape index (κ2) is 6.47. The van der Waals surface area contributed by atoms with Gasteiger partial charge in [-0.15, -0.1) is 0 Å². The monoisotopic (exact) mass is 304 g/mol. The molecule has 0 aliphatic carbocycles. The third-order valence-corrected chi connectivity index (χ3v) is 3.83. The van der Waals surface area contributed by atoms with Gasteiger partial charge in [-0.25, -0.2) is 4.98 Å². The first kappa shape index (κ1) is 13.8. The van der Waals surface area contributed by atoms with Gasteiger partial charge in [0.25, 0.3) is 0 Å². The fourth-order valence-corrected chi connectivity index (χ4v) is 2.18. The van der Waals surface area contributed by atoms with Crippen LogP contribution in [0.2, 0.25) is 0 Å². The Bertz CT molecular complexity index is 401. The van der Waals surface area contributed by atoms with Gasteiger partial charge in [-0.1, -0.05) is 32.5 Å². The van der Waals surface area contributed by atoms with E-state index in [9.17, 15) is 0 Å². The molecule has 5 heteroatoms. The fourth-order valence-electron chi connectivity index (χ4n) is 1.57. The van der Waals surface area contributed by atoms with E-state index < -0.39 is 0 Å². The maximum absolute atomic E-state index is 5.36. The normalized spacial score (nSPS) is 12.8. The Kier molecular flexibility index (Phi) is 5.58. The van der Waals surface area contributed by atoms with Crippen LogP contribution in [0.4, 0.5) is 0 Å². The van der Waals surface area contributed by atoms with E-state index in [1.165, 1.54) is 0 Å². The van der Waals surface area contributed by atoms with Gasteiger partial charge in [-0.2, -0.15) is 0 Å². The molecule has 3 nitrogen and oxygen atoms in total. The summed E-state index contributed by atoms with van der Waals surface area (Å²) < 4.78 is 6.86. The molecule has 0 amide bonds. The molecular formula is C11H17BrN2OS. The van der Waals surface area contributed by atoms with Crippen LogP contribution >= 0.6 is 28.1 Å². The molecule has 0 aromatic carbocycles. The van der Waals surface area contributed by atoms with E-state index in [0.29, 0.717) is 4.64 Å². The minimum absolute atomic E-state index is 0.00888. The predicted octanol–water partition coefficient (Wildman–Crippen LogP) is 3.95. The Balaban J connectivity index is 3.17. The van der Waals surface area contributed by atoms with Gasteiger partial charge in [0.05, 0.1) is 4.47 Å². The van der Waals surface area contributed by atoms with Crippen molar-refractivity contribution in [2.75, 3.05) is 7.11 Å². The molecule has 1 heterocycles. The van der Waals surface area contributed by atoms with E-state index in [0.717, 1.165) is 35.3 Å². The molecule has 0 saturated carbocycles. The van der Waals surface area contributed by atoms with Crippen molar-refractivity contribution in [3.05, 3.63) is 20.6 Å². The lowest BCUT2D eigenvalue weighted by Crippen LogP contribution is -2.08. The summed E-state index contributed by atoms with van der Waals surface area (Å²) in [5.41, 5.74) is 1.10. The zero-order valence-corrected chi connectivity index (χ0v) is 12.2. The molecular weight excluding hydrogens is 288 g/mol. The van der Waals surface area contributed by atoms with Crippen molar-refractivity contribution in [3.8, 4) is 0 Å². The number of rotatable bonds is 5. The zero-order valence-electron chi connectivity index (χ0n) is 9.84. The number of nitrogens with one attached hydrogen (secondary N) is 1. The topological polar surface area (TPSA) is 37.9 Å². The van der Waals surface area contributed by atoms with Crippen molar-refractivity contribution in [1.29, 1.82) is 0 Å². The lowest BCUT2D eigenvalue weighted by molar-refractivity contribution is 0.0922. The molecule has 1 aromatic heterocycles. The summed E-state index contributed by atoms with van der Waals surface area (Å²) in [6.45, 7) is 4.20. The number of aromatic nitrogens is 2. The summed E-state index contributed by atoms with van der Waals surface area (Å²) in [6, 6.07) is 0. The van der Waals surface area contributed by atoms with Gasteiger partial charge < -0.3 is 9.72 Å². The van der Waals surface area contributed by atoms with E-state index >= 15 is 0 Å². The average molecular weight is 305 g/mol. The Hall–Kier alpha value is -0.260. The van der Waals surface area contributed by atoms with E-state index in [4.69, 9.17) is 17.0 Å². The van der Waals surface area contributed by atoms with Gasteiger partial charge in [0.15, 0.2) is 0 Å². The smallest absolute Gasteiger partial charge is 0.144 e. The number of halogens is 1. The highest BCUT2D eigenvalue weighted by Crippen LogP contribution is 2.22. The second-order valence-corrected chi connectivity index (χ2v) is 4.78. The zero-order chi connectivity index (χ0) is 12.1. The van der Waals surface area contributed by atoms with Crippen LogP contribution in [0.3, 0.4) is 0 Å². The molecule has 0 fully saturated rings. The molecule has 0 bridgehead atoms. The van der Waals surface area contributed by atoms with Crippen LogP contribution in [0, 0.1) is 4.64 Å². The van der Waals surface area contributed by atoms with Gasteiger partial charge in [-0.3, -0.25) is 0 Å². The summed E-state index contributed by atoms with van der Waals surface area (Å²) in [7, 11) is 1.69. The van der Waals surface area contributed by atoms with Gasteiger partial charge in [0, 0.05) is 12.8 Å². The summed E-state index contributed by atoms with van der Waals surface area (Å²) >= 11 is 8.69. The number of aryl methyl sites for hydroxylation is 1. The maximum atomic E-state index is 5.36. The lowest BCUT2D eigenvalue weighted by Gasteiger charge is -2.14. The highest BCUT2D eigenvalue weighted by molar-refractivity contribution is 9.10. The predicted molar refractivity (Wildman–Crippen MR) is 71.2 cm³/mol. The molecule has 1 rings (SSSR count). The van der Waals surface area contributed by atoms with E-state index in [2.05, 4.69) is 39.7 Å². The van der Waals surface area contributed by atoms with Gasteiger partial charge in [-0.05, 0) is 28.8 Å². The van der Waals surface area contributed by atoms with Crippen molar-refractivity contribution in [2.45, 2.75) is 39.2 Å². The van der Waals surface area contributed by atoms with Crippen LogP contribution in [0.1, 0.15) is 44.3 Å². The van der Waals surface area contributed by atoms with Gasteiger partial charge >= 0.3 is 0 Å². The SMILES string of the molecule is CCCc1[nH]c(C(CC)OC)nc(=S)c1Br. The number of hydrogen-bond donors (Lipinski definition) is 1. The van der Waals surface area contributed by atoms with Crippen LogP contribution in [0.25, 0.3) is 0 Å². The first-order valence-electron chi connectivity index (χ1n) is 5.45. The summed E-state index contributed by atoms with van der Waals surface area (Å²) in [4.78, 5) is 7.65. The molecule has 0 saturated heterocycles. The van der Waals surface area contributed by atoms with Crippen LogP contribution in [-0.2, 0) is 11.2 Å². The molecule has 90 valence electrons. The molecule has 1 atom stereocenters. The highest BCUT2D eigenvalue weighted by Gasteiger charge is 2.13. The van der Waals surface area contributed by atoms with Crippen molar-refractivity contribution < 1.29 is 4.74 Å². The molecule has 16 heavy (non-hydrogen) atoms. The standard InChI is InChI=1S/C11H17BrN2OS/c1-4-6-7-9(12)11(16)14-10(13-7)8(5-2)15-3/h8H,4-6H2,1-3H3,(H,13,14,16). The minimum Gasteiger partial charge on any atom is -0.374 e. The van der Waals surface area contributed by atoms with Crippen LogP contribution in [0.15, 0.2) is 4.47 Å². The Labute approximate surface area is 110 Å². The van der Waals surface area contributed by atoms with Gasteiger partial charge in [0.1, 0.15) is 16.6 Å². The van der Waals surface area contributed by atoms with Crippen molar-refractivity contribution in [1.82, 2.24) is 9.97 Å². The molecule has 0 aliphatic heterocycles. The molecule has 0 aliphatic rings. The summed E-state index contributed by atoms with van der Waals surface area (Å²) in [5, 5.41) is 0. The average Bonchev–Trinajstić information content (AvgIpc) is 2.27. The van der Waals surface area contributed by atoms with E-state index in [1.807, 2.05) is 0 Å². The quantitative estimate of drug-likeness (QED) is 0.837. The second-order valence-electron chi connectivity index (χ2n) is 3.60. The number of ether oxygens (including phenoxy) is 1. The maximum Gasteiger partial charge on any atom is 0.144 e. The molecule has 1 unspecified atom stereocenters. The largest absolute Gasteiger partial charge is 0.374 e. The van der Waals surface area contributed by atoms with Crippen molar-refractivity contribution in [2.24, 2.45) is 0 Å². The fraction of sp³-hybridized carbons (Fsp3) is 0.636. The lowest BCUT2D eigenvalue weighted by atomic mass is 10.2. The number of H-pyrrole nitrogens is 1. The van der Waals surface area contributed by atoms with E-state index in [-0.39, 0.29) is 6.10 Å². The Morgan fingerprint density at radius 1 is 1.50 bits per heavy atom. The van der Waals surface area contributed by atoms with Crippen molar-refractivity contribution >= 4 is 28.1 Å². The molecule has 1 N–H and O–H groups in total. The highest BCUT2D eigenvalue weighted by atomic mass is 79.9. The minimum atomic E-state index is -0.00888. The third-order valence-electron chi connectivity index (χ3n) is 2.41. The molecule has 0 spiro atoms. The van der Waals surface area contributed by atoms with Gasteiger partial charge in [0.2, 0.25) is 0 Å². The number of hydrogen-bond acceptors (Lipinski definition) is 3. The van der Waals surface area contributed by atoms with Crippen molar-refractivity contribution in [3.63, 3.8) is 0 Å². The van der Waals surface area contributed by atoms with Crippen LogP contribution < -0.4 is 0 Å². The summed E-state index contributed by atoms with van der Waals surface area (Å²) in [6.07, 6.45) is 2.89. The number of methoxy groups -OCH3 is 1. The molecule has 0 radical (unpaired) electrons. The van der Waals surface area contributed by atoms with Crippen LogP contribution in [-0.4, -0.2) is 17.1 Å². The van der Waals surface area contributed by atoms with Crippen LogP contribution in [0.5, 0.6) is 0 Å². The number of nitrogens with zero attached hydrogens (tertiary/aromatic N) is 1. The Morgan fingerprint density at radius 3 is 2.69 bits per heavy atom. The van der Waals surface area contributed by atoms with E-state index in [1.54, 1.807) is 7.11 Å².